The Morgan fingerprint density at radius 3 is 2.60 bits per heavy atom. The Balaban J connectivity index is 1.69. The van der Waals surface area contributed by atoms with E-state index in [4.69, 9.17) is 9.47 Å². The Bertz CT molecular complexity index is 934. The van der Waals surface area contributed by atoms with Gasteiger partial charge in [-0.1, -0.05) is 12.1 Å². The molecule has 0 spiro atoms. The van der Waals surface area contributed by atoms with Crippen molar-refractivity contribution < 1.29 is 22.7 Å². The summed E-state index contributed by atoms with van der Waals surface area (Å²) in [5, 5.41) is 2.64. The lowest BCUT2D eigenvalue weighted by Gasteiger charge is -2.18. The maximum absolute atomic E-state index is 12.0. The molecule has 0 saturated carbocycles. The zero-order valence-electron chi connectivity index (χ0n) is 13.6. The van der Waals surface area contributed by atoms with Gasteiger partial charge in [-0.25, -0.2) is 8.42 Å². The molecule has 6 nitrogen and oxygen atoms in total. The van der Waals surface area contributed by atoms with E-state index in [0.717, 1.165) is 11.8 Å². The average molecular weight is 359 g/mol. The molecule has 0 saturated heterocycles. The maximum Gasteiger partial charge on any atom is 0.248 e. The second-order valence-electron chi connectivity index (χ2n) is 5.53. The van der Waals surface area contributed by atoms with Crippen molar-refractivity contribution in [2.24, 2.45) is 0 Å². The Hall–Kier alpha value is -2.80. The smallest absolute Gasteiger partial charge is 0.248 e. The fraction of sp³-hybridized carbons (Fsp3) is 0.167. The van der Waals surface area contributed by atoms with Crippen molar-refractivity contribution in [3.63, 3.8) is 0 Å². The quantitative estimate of drug-likeness (QED) is 0.849. The van der Waals surface area contributed by atoms with Gasteiger partial charge < -0.3 is 14.8 Å². The number of rotatable bonds is 4. The van der Waals surface area contributed by atoms with Gasteiger partial charge in [0.15, 0.2) is 21.3 Å². The number of carbonyl (C=O) groups is 1. The first-order valence-electron chi connectivity index (χ1n) is 7.61. The van der Waals surface area contributed by atoms with Crippen LogP contribution < -0.4 is 14.8 Å². The summed E-state index contributed by atoms with van der Waals surface area (Å²) in [4.78, 5) is 12.2. The molecule has 1 heterocycles. The van der Waals surface area contributed by atoms with Crippen LogP contribution in [0.15, 0.2) is 53.4 Å². The van der Waals surface area contributed by atoms with Gasteiger partial charge in [-0.3, -0.25) is 4.79 Å². The van der Waals surface area contributed by atoms with Crippen LogP contribution in [0.1, 0.15) is 5.56 Å². The van der Waals surface area contributed by atoms with Crippen molar-refractivity contribution in [1.82, 2.24) is 0 Å². The number of fused-ring (bicyclic) bond motifs is 1. The number of carbonyl (C=O) groups excluding carboxylic acids is 1. The van der Waals surface area contributed by atoms with Gasteiger partial charge in [0.05, 0.1) is 4.90 Å². The minimum absolute atomic E-state index is 0.154. The fourth-order valence-electron chi connectivity index (χ4n) is 2.32. The number of ether oxygens (including phenoxy) is 2. The molecule has 0 bridgehead atoms. The Morgan fingerprint density at radius 2 is 1.84 bits per heavy atom. The molecule has 1 amide bonds. The largest absolute Gasteiger partial charge is 0.486 e. The SMILES string of the molecule is CS(=O)(=O)c1cccc(NC(=O)C=Cc2ccc3c(c2)OCCO3)c1. The second-order valence-corrected chi connectivity index (χ2v) is 7.54. The summed E-state index contributed by atoms with van der Waals surface area (Å²) < 4.78 is 34.0. The molecule has 0 radical (unpaired) electrons. The number of hydrogen-bond acceptors (Lipinski definition) is 5. The highest BCUT2D eigenvalue weighted by Crippen LogP contribution is 2.31. The van der Waals surface area contributed by atoms with Crippen LogP contribution in [0.2, 0.25) is 0 Å². The summed E-state index contributed by atoms with van der Waals surface area (Å²) in [7, 11) is -3.32. The lowest BCUT2D eigenvalue weighted by atomic mass is 10.2. The molecule has 0 fully saturated rings. The van der Waals surface area contributed by atoms with Gasteiger partial charge in [0.2, 0.25) is 5.91 Å². The summed E-state index contributed by atoms with van der Waals surface area (Å²) in [5.41, 5.74) is 1.21. The first-order chi connectivity index (χ1) is 11.9. The van der Waals surface area contributed by atoms with Crippen LogP contribution in [0.4, 0.5) is 5.69 Å². The van der Waals surface area contributed by atoms with Gasteiger partial charge in [0.1, 0.15) is 13.2 Å². The first-order valence-corrected chi connectivity index (χ1v) is 9.50. The third-order valence-electron chi connectivity index (χ3n) is 3.52. The summed E-state index contributed by atoms with van der Waals surface area (Å²) in [6, 6.07) is 11.5. The average Bonchev–Trinajstić information content (AvgIpc) is 2.59. The molecule has 25 heavy (non-hydrogen) atoms. The van der Waals surface area contributed by atoms with Crippen LogP contribution in [0.3, 0.4) is 0 Å². The predicted octanol–water partition coefficient (Wildman–Crippen LogP) is 2.51. The van der Waals surface area contributed by atoms with Gasteiger partial charge in [-0.15, -0.1) is 0 Å². The third-order valence-corrected chi connectivity index (χ3v) is 4.63. The Labute approximate surface area is 146 Å². The van der Waals surface area contributed by atoms with E-state index in [1.165, 1.54) is 18.2 Å². The van der Waals surface area contributed by atoms with E-state index in [0.29, 0.717) is 30.4 Å². The summed E-state index contributed by atoms with van der Waals surface area (Å²) >= 11 is 0. The molecule has 1 N–H and O–H groups in total. The van der Waals surface area contributed by atoms with Crippen LogP contribution in [-0.2, 0) is 14.6 Å². The molecule has 2 aromatic rings. The molecule has 7 heteroatoms. The Kier molecular flexibility index (Phi) is 4.76. The predicted molar refractivity (Wildman–Crippen MR) is 94.6 cm³/mol. The zero-order chi connectivity index (χ0) is 17.9. The molecule has 3 rings (SSSR count). The lowest BCUT2D eigenvalue weighted by Crippen LogP contribution is -2.15. The van der Waals surface area contributed by atoms with Crippen molar-refractivity contribution in [2.45, 2.75) is 4.90 Å². The molecular weight excluding hydrogens is 342 g/mol. The highest BCUT2D eigenvalue weighted by molar-refractivity contribution is 7.90. The number of benzene rings is 2. The minimum atomic E-state index is -3.32. The number of anilines is 1. The van der Waals surface area contributed by atoms with Gasteiger partial charge in [0.25, 0.3) is 0 Å². The van der Waals surface area contributed by atoms with Crippen LogP contribution in [0.5, 0.6) is 11.5 Å². The van der Waals surface area contributed by atoms with Gasteiger partial charge >= 0.3 is 0 Å². The van der Waals surface area contributed by atoms with Crippen molar-refractivity contribution in [2.75, 3.05) is 24.8 Å². The van der Waals surface area contributed by atoms with E-state index >= 15 is 0 Å². The van der Waals surface area contributed by atoms with Gasteiger partial charge in [0, 0.05) is 18.0 Å². The number of hydrogen-bond donors (Lipinski definition) is 1. The summed E-state index contributed by atoms with van der Waals surface area (Å²) in [5.74, 6) is 0.973. The topological polar surface area (TPSA) is 81.7 Å². The first kappa shape index (κ1) is 17.0. The highest BCUT2D eigenvalue weighted by atomic mass is 32.2. The minimum Gasteiger partial charge on any atom is -0.486 e. The molecule has 1 aliphatic heterocycles. The fourth-order valence-corrected chi connectivity index (χ4v) is 2.99. The van der Waals surface area contributed by atoms with E-state index < -0.39 is 9.84 Å². The van der Waals surface area contributed by atoms with E-state index in [2.05, 4.69) is 5.32 Å². The van der Waals surface area contributed by atoms with Gasteiger partial charge in [-0.05, 0) is 42.0 Å². The van der Waals surface area contributed by atoms with Crippen molar-refractivity contribution in [1.29, 1.82) is 0 Å². The van der Waals surface area contributed by atoms with Gasteiger partial charge in [-0.2, -0.15) is 0 Å². The van der Waals surface area contributed by atoms with Crippen LogP contribution in [-0.4, -0.2) is 33.8 Å². The molecule has 0 aromatic heterocycles. The van der Waals surface area contributed by atoms with E-state index in [9.17, 15) is 13.2 Å². The maximum atomic E-state index is 12.0. The third kappa shape index (κ3) is 4.39. The number of sulfone groups is 1. The molecule has 0 aliphatic carbocycles. The van der Waals surface area contributed by atoms with Crippen LogP contribution in [0, 0.1) is 0 Å². The molecular formula is C18H17NO5S. The number of nitrogens with one attached hydrogen (secondary N) is 1. The van der Waals surface area contributed by atoms with Crippen molar-refractivity contribution in [3.8, 4) is 11.5 Å². The van der Waals surface area contributed by atoms with E-state index in [1.54, 1.807) is 30.3 Å². The standard InChI is InChI=1S/C18H17NO5S/c1-25(21,22)15-4-2-3-14(12-15)19-18(20)8-6-13-5-7-16-17(11-13)24-10-9-23-16/h2-8,11-12H,9-10H2,1H3,(H,19,20). The second kappa shape index (κ2) is 6.98. The number of amides is 1. The molecule has 130 valence electrons. The molecule has 0 atom stereocenters. The normalized spacial score (nSPS) is 13.6. The monoisotopic (exact) mass is 359 g/mol. The lowest BCUT2D eigenvalue weighted by molar-refractivity contribution is -0.111. The molecule has 1 aliphatic rings. The van der Waals surface area contributed by atoms with E-state index in [1.807, 2.05) is 6.07 Å². The summed E-state index contributed by atoms with van der Waals surface area (Å²) in [6.45, 7) is 1.02. The molecule has 2 aromatic carbocycles. The van der Waals surface area contributed by atoms with Crippen LogP contribution in [0.25, 0.3) is 6.08 Å². The van der Waals surface area contributed by atoms with E-state index in [-0.39, 0.29) is 10.8 Å². The zero-order valence-corrected chi connectivity index (χ0v) is 14.4. The highest BCUT2D eigenvalue weighted by Gasteiger charge is 2.11. The Morgan fingerprint density at radius 1 is 1.08 bits per heavy atom. The van der Waals surface area contributed by atoms with Crippen LogP contribution >= 0.6 is 0 Å². The molecule has 0 unspecified atom stereocenters. The summed E-state index contributed by atoms with van der Waals surface area (Å²) in [6.07, 6.45) is 4.14. The van der Waals surface area contributed by atoms with Crippen molar-refractivity contribution in [3.05, 3.63) is 54.1 Å². The van der Waals surface area contributed by atoms with Crippen molar-refractivity contribution >= 4 is 27.5 Å².